The fraction of sp³-hybridized carbons (Fsp3) is 0.357. The van der Waals surface area contributed by atoms with Crippen LogP contribution in [0.2, 0.25) is 0 Å². The predicted octanol–water partition coefficient (Wildman–Crippen LogP) is 2.24. The lowest BCUT2D eigenvalue weighted by Crippen LogP contribution is -2.24. The molecule has 2 aromatic rings. The Labute approximate surface area is 106 Å². The molecular formula is C14H17NO3. The summed E-state index contributed by atoms with van der Waals surface area (Å²) >= 11 is 0. The van der Waals surface area contributed by atoms with E-state index in [-0.39, 0.29) is 12.5 Å². The smallest absolute Gasteiger partial charge is 0.287 e. The Kier molecular flexibility index (Phi) is 3.99. The molecule has 96 valence electrons. The van der Waals surface area contributed by atoms with Crippen LogP contribution in [0.25, 0.3) is 11.0 Å². The predicted molar refractivity (Wildman–Crippen MR) is 69.6 cm³/mol. The minimum Gasteiger partial charge on any atom is -0.451 e. The number of aryl methyl sites for hydroxylation is 1. The SMILES string of the molecule is Cc1ccc2oc(C(=O)NCCCCO)cc2c1. The molecule has 4 heteroatoms. The van der Waals surface area contributed by atoms with Crippen molar-refractivity contribution in [3.8, 4) is 0 Å². The normalized spacial score (nSPS) is 10.8. The molecule has 0 atom stereocenters. The van der Waals surface area contributed by atoms with Crippen molar-refractivity contribution in [2.24, 2.45) is 0 Å². The Bertz CT molecular complexity index is 545. The minimum atomic E-state index is -0.207. The van der Waals surface area contributed by atoms with Gasteiger partial charge in [0.25, 0.3) is 5.91 Å². The van der Waals surface area contributed by atoms with Gasteiger partial charge in [-0.25, -0.2) is 0 Å². The van der Waals surface area contributed by atoms with Gasteiger partial charge in [0.05, 0.1) is 0 Å². The number of furan rings is 1. The van der Waals surface area contributed by atoms with Crippen LogP contribution in [0, 0.1) is 6.92 Å². The van der Waals surface area contributed by atoms with Crippen LogP contribution < -0.4 is 5.32 Å². The van der Waals surface area contributed by atoms with E-state index >= 15 is 0 Å². The van der Waals surface area contributed by atoms with E-state index in [1.165, 1.54) is 0 Å². The zero-order chi connectivity index (χ0) is 13.0. The second-order valence-electron chi connectivity index (χ2n) is 4.34. The van der Waals surface area contributed by atoms with E-state index in [0.29, 0.717) is 18.7 Å². The first-order valence-electron chi connectivity index (χ1n) is 6.10. The summed E-state index contributed by atoms with van der Waals surface area (Å²) in [7, 11) is 0. The lowest BCUT2D eigenvalue weighted by atomic mass is 10.2. The number of hydrogen-bond donors (Lipinski definition) is 2. The van der Waals surface area contributed by atoms with Crippen LogP contribution in [0.15, 0.2) is 28.7 Å². The number of hydrogen-bond acceptors (Lipinski definition) is 3. The van der Waals surface area contributed by atoms with Crippen LogP contribution in [0.1, 0.15) is 29.0 Å². The number of aliphatic hydroxyl groups is 1. The number of carbonyl (C=O) groups excluding carboxylic acids is 1. The Balaban J connectivity index is 2.04. The molecule has 2 rings (SSSR count). The van der Waals surface area contributed by atoms with Crippen molar-refractivity contribution >= 4 is 16.9 Å². The molecule has 1 aromatic heterocycles. The molecule has 0 saturated heterocycles. The third kappa shape index (κ3) is 2.90. The van der Waals surface area contributed by atoms with Crippen molar-refractivity contribution in [1.82, 2.24) is 5.32 Å². The van der Waals surface area contributed by atoms with Crippen molar-refractivity contribution in [3.05, 3.63) is 35.6 Å². The molecule has 0 aliphatic rings. The van der Waals surface area contributed by atoms with Crippen molar-refractivity contribution < 1.29 is 14.3 Å². The van der Waals surface area contributed by atoms with E-state index in [1.807, 2.05) is 25.1 Å². The van der Waals surface area contributed by atoms with Crippen molar-refractivity contribution in [1.29, 1.82) is 0 Å². The molecule has 1 aromatic carbocycles. The van der Waals surface area contributed by atoms with Crippen LogP contribution >= 0.6 is 0 Å². The highest BCUT2D eigenvalue weighted by atomic mass is 16.3. The van der Waals surface area contributed by atoms with Gasteiger partial charge in [-0.15, -0.1) is 0 Å². The second kappa shape index (κ2) is 5.69. The molecule has 0 bridgehead atoms. The molecule has 0 spiro atoms. The lowest BCUT2D eigenvalue weighted by Gasteiger charge is -2.01. The van der Waals surface area contributed by atoms with Gasteiger partial charge in [-0.1, -0.05) is 11.6 Å². The summed E-state index contributed by atoms with van der Waals surface area (Å²) in [6, 6.07) is 7.56. The van der Waals surface area contributed by atoms with E-state index < -0.39 is 0 Å². The standard InChI is InChI=1S/C14H17NO3/c1-10-4-5-12-11(8-10)9-13(18-12)14(17)15-6-2-3-7-16/h4-5,8-9,16H,2-3,6-7H2,1H3,(H,15,17). The van der Waals surface area contributed by atoms with E-state index in [1.54, 1.807) is 6.07 Å². The monoisotopic (exact) mass is 247 g/mol. The third-order valence-electron chi connectivity index (χ3n) is 2.77. The topological polar surface area (TPSA) is 62.5 Å². The van der Waals surface area contributed by atoms with Gasteiger partial charge in [0.15, 0.2) is 5.76 Å². The first-order valence-corrected chi connectivity index (χ1v) is 6.10. The Morgan fingerprint density at radius 2 is 2.17 bits per heavy atom. The van der Waals surface area contributed by atoms with Gasteiger partial charge in [-0.2, -0.15) is 0 Å². The minimum absolute atomic E-state index is 0.153. The highest BCUT2D eigenvalue weighted by molar-refractivity contribution is 5.96. The van der Waals surface area contributed by atoms with Gasteiger partial charge in [0.2, 0.25) is 0 Å². The molecule has 1 amide bonds. The van der Waals surface area contributed by atoms with Gasteiger partial charge in [0.1, 0.15) is 5.58 Å². The maximum Gasteiger partial charge on any atom is 0.287 e. The zero-order valence-electron chi connectivity index (χ0n) is 10.4. The van der Waals surface area contributed by atoms with Crippen molar-refractivity contribution in [2.75, 3.05) is 13.2 Å². The molecule has 1 heterocycles. The maximum atomic E-state index is 11.8. The molecule has 0 unspecified atom stereocenters. The summed E-state index contributed by atoms with van der Waals surface area (Å²) in [6.45, 7) is 2.70. The van der Waals surface area contributed by atoms with Gasteiger partial charge in [-0.3, -0.25) is 4.79 Å². The summed E-state index contributed by atoms with van der Waals surface area (Å²) in [5, 5.41) is 12.3. The van der Waals surface area contributed by atoms with Crippen LogP contribution in [0.4, 0.5) is 0 Å². The summed E-state index contributed by atoms with van der Waals surface area (Å²) in [4.78, 5) is 11.8. The lowest BCUT2D eigenvalue weighted by molar-refractivity contribution is 0.0926. The molecule has 0 aliphatic heterocycles. The average molecular weight is 247 g/mol. The van der Waals surface area contributed by atoms with Gasteiger partial charge < -0.3 is 14.8 Å². The number of carbonyl (C=O) groups is 1. The molecule has 0 saturated carbocycles. The molecule has 2 N–H and O–H groups in total. The van der Waals surface area contributed by atoms with E-state index in [9.17, 15) is 4.79 Å². The first kappa shape index (κ1) is 12.6. The number of aliphatic hydroxyl groups excluding tert-OH is 1. The fourth-order valence-corrected chi connectivity index (χ4v) is 1.80. The first-order chi connectivity index (χ1) is 8.70. The Morgan fingerprint density at radius 1 is 1.33 bits per heavy atom. The van der Waals surface area contributed by atoms with E-state index in [0.717, 1.165) is 23.0 Å². The van der Waals surface area contributed by atoms with Crippen LogP contribution in [-0.2, 0) is 0 Å². The molecule has 4 nitrogen and oxygen atoms in total. The number of benzene rings is 1. The van der Waals surface area contributed by atoms with Gasteiger partial charge in [0, 0.05) is 18.5 Å². The number of rotatable bonds is 5. The van der Waals surface area contributed by atoms with Gasteiger partial charge >= 0.3 is 0 Å². The molecule has 18 heavy (non-hydrogen) atoms. The summed E-state index contributed by atoms with van der Waals surface area (Å²) < 4.78 is 5.48. The molecular weight excluding hydrogens is 230 g/mol. The second-order valence-corrected chi connectivity index (χ2v) is 4.34. The molecule has 0 radical (unpaired) electrons. The molecule has 0 aliphatic carbocycles. The van der Waals surface area contributed by atoms with Gasteiger partial charge in [-0.05, 0) is 38.0 Å². The highest BCUT2D eigenvalue weighted by Gasteiger charge is 2.11. The summed E-state index contributed by atoms with van der Waals surface area (Å²) in [5.74, 6) is 0.126. The average Bonchev–Trinajstić information content (AvgIpc) is 2.77. The van der Waals surface area contributed by atoms with Crippen LogP contribution in [0.5, 0.6) is 0 Å². The van der Waals surface area contributed by atoms with Crippen molar-refractivity contribution in [3.63, 3.8) is 0 Å². The Hall–Kier alpha value is -1.81. The zero-order valence-corrected chi connectivity index (χ0v) is 10.4. The quantitative estimate of drug-likeness (QED) is 0.796. The third-order valence-corrected chi connectivity index (χ3v) is 2.77. The number of unbranched alkanes of at least 4 members (excludes halogenated alkanes) is 1. The highest BCUT2D eigenvalue weighted by Crippen LogP contribution is 2.20. The fourth-order valence-electron chi connectivity index (χ4n) is 1.80. The number of amides is 1. The largest absolute Gasteiger partial charge is 0.451 e. The summed E-state index contributed by atoms with van der Waals surface area (Å²) in [5.41, 5.74) is 1.86. The van der Waals surface area contributed by atoms with E-state index in [4.69, 9.17) is 9.52 Å². The number of fused-ring (bicyclic) bond motifs is 1. The summed E-state index contributed by atoms with van der Waals surface area (Å²) in [6.07, 6.45) is 1.46. The van der Waals surface area contributed by atoms with Crippen LogP contribution in [0.3, 0.4) is 0 Å². The number of nitrogens with one attached hydrogen (secondary N) is 1. The maximum absolute atomic E-state index is 11.8. The van der Waals surface area contributed by atoms with Crippen LogP contribution in [-0.4, -0.2) is 24.2 Å². The Morgan fingerprint density at radius 3 is 2.94 bits per heavy atom. The van der Waals surface area contributed by atoms with E-state index in [2.05, 4.69) is 5.32 Å². The van der Waals surface area contributed by atoms with Crippen molar-refractivity contribution in [2.45, 2.75) is 19.8 Å². The molecule has 0 fully saturated rings.